The van der Waals surface area contributed by atoms with Crippen LogP contribution in [-0.4, -0.2) is 37.7 Å². The molecule has 3 aromatic carbocycles. The van der Waals surface area contributed by atoms with Crippen molar-refractivity contribution < 1.29 is 37.0 Å². The van der Waals surface area contributed by atoms with E-state index >= 15 is 0 Å². The third-order valence-electron chi connectivity index (χ3n) is 4.86. The molecule has 15 heteroatoms. The van der Waals surface area contributed by atoms with Gasteiger partial charge in [-0.1, -0.05) is 35.3 Å². The summed E-state index contributed by atoms with van der Waals surface area (Å²) in [4.78, 5) is 36.4. The monoisotopic (exact) mass is 708 g/mol. The number of carbonyl (C=O) groups is 3. The van der Waals surface area contributed by atoms with E-state index in [9.17, 15) is 27.6 Å². The van der Waals surface area contributed by atoms with Crippen molar-refractivity contribution in [1.82, 2.24) is 5.43 Å². The molecule has 3 rings (SSSR count). The normalized spacial score (nSPS) is 11.2. The maximum atomic E-state index is 12.8. The zero-order valence-corrected chi connectivity index (χ0v) is 23.9. The Morgan fingerprint density at radius 1 is 1.02 bits per heavy atom. The average molecular weight is 709 g/mol. The Bertz CT molecular complexity index is 1470. The second-order valence-corrected chi connectivity index (χ2v) is 9.65. The third-order valence-corrected chi connectivity index (χ3v) is 6.48. The Hall–Kier alpha value is -3.56. The minimum absolute atomic E-state index is 0.188. The molecule has 3 amide bonds. The smallest absolute Gasteiger partial charge is 0.416 e. The molecule has 210 valence electrons. The zero-order valence-electron chi connectivity index (χ0n) is 20.2. The van der Waals surface area contributed by atoms with Crippen LogP contribution in [0, 0.1) is 3.57 Å². The number of carbonyl (C=O) groups excluding carboxylic acids is 3. The number of ether oxygens (including phenoxy) is 2. The molecule has 0 heterocycles. The highest BCUT2D eigenvalue weighted by Crippen LogP contribution is 2.34. The molecule has 0 aliphatic rings. The lowest BCUT2D eigenvalue weighted by atomic mass is 10.2. The molecular formula is C25H18Cl2F3IN4O5. The highest BCUT2D eigenvalue weighted by molar-refractivity contribution is 14.1. The highest BCUT2D eigenvalue weighted by Gasteiger charge is 2.30. The average Bonchev–Trinajstić information content (AvgIpc) is 2.90. The van der Waals surface area contributed by atoms with Gasteiger partial charge in [-0.25, -0.2) is 5.43 Å². The minimum atomic E-state index is -4.61. The SMILES string of the molecule is COc1cc(/C=N\NC(=O)C(=O)Nc2cccc(C(F)(F)F)c2)cc(I)c1OCC(=O)Nc1cccc(Cl)c1Cl. The van der Waals surface area contributed by atoms with Gasteiger partial charge < -0.3 is 20.1 Å². The van der Waals surface area contributed by atoms with Gasteiger partial charge >= 0.3 is 18.0 Å². The maximum absolute atomic E-state index is 12.8. The highest BCUT2D eigenvalue weighted by atomic mass is 127. The summed E-state index contributed by atoms with van der Waals surface area (Å²) in [5, 5.41) is 8.83. The Labute approximate surface area is 249 Å². The van der Waals surface area contributed by atoms with E-state index in [1.807, 2.05) is 28.0 Å². The number of hydrazone groups is 1. The van der Waals surface area contributed by atoms with E-state index in [-0.39, 0.29) is 33.8 Å². The fraction of sp³-hybridized carbons (Fsp3) is 0.120. The first-order valence-electron chi connectivity index (χ1n) is 10.9. The quantitative estimate of drug-likeness (QED) is 0.120. The predicted octanol–water partition coefficient (Wildman–Crippen LogP) is 5.73. The van der Waals surface area contributed by atoms with Crippen molar-refractivity contribution in [3.05, 3.63) is 79.3 Å². The second-order valence-electron chi connectivity index (χ2n) is 7.70. The Morgan fingerprint density at radius 2 is 1.75 bits per heavy atom. The molecule has 0 bridgehead atoms. The van der Waals surface area contributed by atoms with E-state index < -0.39 is 29.5 Å². The van der Waals surface area contributed by atoms with E-state index in [4.69, 9.17) is 32.7 Å². The van der Waals surface area contributed by atoms with Crippen molar-refractivity contribution in [2.45, 2.75) is 6.18 Å². The van der Waals surface area contributed by atoms with E-state index in [1.54, 1.807) is 24.3 Å². The fourth-order valence-electron chi connectivity index (χ4n) is 3.06. The van der Waals surface area contributed by atoms with Crippen LogP contribution in [0.1, 0.15) is 11.1 Å². The van der Waals surface area contributed by atoms with Crippen LogP contribution in [0.4, 0.5) is 24.5 Å². The molecule has 0 aliphatic carbocycles. The van der Waals surface area contributed by atoms with E-state index in [2.05, 4.69) is 15.7 Å². The number of rotatable bonds is 8. The molecule has 0 atom stereocenters. The van der Waals surface area contributed by atoms with Crippen LogP contribution < -0.4 is 25.5 Å². The maximum Gasteiger partial charge on any atom is 0.416 e. The number of halogens is 6. The molecule has 9 nitrogen and oxygen atoms in total. The molecule has 0 aromatic heterocycles. The molecule has 0 saturated heterocycles. The van der Waals surface area contributed by atoms with Gasteiger partial charge in [-0.3, -0.25) is 14.4 Å². The zero-order chi connectivity index (χ0) is 29.4. The van der Waals surface area contributed by atoms with Gasteiger partial charge in [0.15, 0.2) is 18.1 Å². The number of amides is 3. The number of methoxy groups -OCH3 is 1. The van der Waals surface area contributed by atoms with Crippen LogP contribution >= 0.6 is 45.8 Å². The van der Waals surface area contributed by atoms with Crippen molar-refractivity contribution in [3.63, 3.8) is 0 Å². The van der Waals surface area contributed by atoms with Gasteiger partial charge in [0, 0.05) is 5.69 Å². The molecule has 3 aromatic rings. The van der Waals surface area contributed by atoms with Gasteiger partial charge in [0.2, 0.25) is 0 Å². The van der Waals surface area contributed by atoms with Gasteiger partial charge in [-0.2, -0.15) is 18.3 Å². The van der Waals surface area contributed by atoms with Gasteiger partial charge in [0.05, 0.1) is 38.2 Å². The molecule has 40 heavy (non-hydrogen) atoms. The Morgan fingerprint density at radius 3 is 2.45 bits per heavy atom. The molecule has 0 radical (unpaired) electrons. The van der Waals surface area contributed by atoms with Gasteiger partial charge in [0.1, 0.15) is 0 Å². The second kappa shape index (κ2) is 13.7. The lowest BCUT2D eigenvalue weighted by molar-refractivity contribution is -0.137. The number of alkyl halides is 3. The number of nitrogens with one attached hydrogen (secondary N) is 3. The summed E-state index contributed by atoms with van der Waals surface area (Å²) in [5.74, 6) is -2.42. The molecule has 0 spiro atoms. The summed E-state index contributed by atoms with van der Waals surface area (Å²) in [6, 6.07) is 11.7. The first-order valence-corrected chi connectivity index (χ1v) is 12.8. The Balaban J connectivity index is 1.59. The molecule has 0 unspecified atom stereocenters. The van der Waals surface area contributed by atoms with Crippen LogP contribution in [0.3, 0.4) is 0 Å². The number of benzene rings is 3. The van der Waals surface area contributed by atoms with E-state index in [0.717, 1.165) is 12.1 Å². The van der Waals surface area contributed by atoms with Crippen molar-refractivity contribution in [2.75, 3.05) is 24.4 Å². The molecule has 3 N–H and O–H groups in total. The largest absolute Gasteiger partial charge is 0.493 e. The van der Waals surface area contributed by atoms with Crippen LogP contribution in [0.15, 0.2) is 59.7 Å². The summed E-state index contributed by atoms with van der Waals surface area (Å²) in [5.41, 5.74) is 1.55. The van der Waals surface area contributed by atoms with Crippen molar-refractivity contribution >= 4 is 81.1 Å². The van der Waals surface area contributed by atoms with Gasteiger partial charge in [0.25, 0.3) is 5.91 Å². The van der Waals surface area contributed by atoms with Crippen molar-refractivity contribution in [2.24, 2.45) is 5.10 Å². The number of hydrogen-bond acceptors (Lipinski definition) is 6. The summed E-state index contributed by atoms with van der Waals surface area (Å²) in [6.45, 7) is -0.375. The summed E-state index contributed by atoms with van der Waals surface area (Å²) in [6.07, 6.45) is -3.40. The van der Waals surface area contributed by atoms with Crippen molar-refractivity contribution in [3.8, 4) is 11.5 Å². The predicted molar refractivity (Wildman–Crippen MR) is 152 cm³/mol. The standard InChI is InChI=1S/C25H18Cl2F3IN4O5/c1-39-19-9-13(8-17(31)22(19)40-12-20(36)34-18-7-3-6-16(26)21(18)27)11-32-35-24(38)23(37)33-15-5-2-4-14(10-15)25(28,29)30/h2-11H,12H2,1H3,(H,33,37)(H,34,36)(H,35,38)/b32-11-. The number of hydrogen-bond donors (Lipinski definition) is 3. The molecule has 0 aliphatic heterocycles. The molecular weight excluding hydrogens is 691 g/mol. The first-order chi connectivity index (χ1) is 18.9. The Kier molecular flexibility index (Phi) is 10.6. The molecule has 0 saturated carbocycles. The van der Waals surface area contributed by atoms with E-state index in [0.29, 0.717) is 20.9 Å². The fourth-order valence-corrected chi connectivity index (χ4v) is 4.18. The third kappa shape index (κ3) is 8.47. The van der Waals surface area contributed by atoms with E-state index in [1.165, 1.54) is 25.5 Å². The minimum Gasteiger partial charge on any atom is -0.493 e. The van der Waals surface area contributed by atoms with Crippen molar-refractivity contribution in [1.29, 1.82) is 0 Å². The number of nitrogens with zero attached hydrogens (tertiary/aromatic N) is 1. The van der Waals surface area contributed by atoms with Gasteiger partial charge in [-0.05, 0) is 70.6 Å². The summed E-state index contributed by atoms with van der Waals surface area (Å²) >= 11 is 14.0. The van der Waals surface area contributed by atoms with Crippen LogP contribution in [0.5, 0.6) is 11.5 Å². The van der Waals surface area contributed by atoms with Crippen LogP contribution in [0.2, 0.25) is 10.0 Å². The topological polar surface area (TPSA) is 118 Å². The summed E-state index contributed by atoms with van der Waals surface area (Å²) < 4.78 is 50.0. The first kappa shape index (κ1) is 31.0. The van der Waals surface area contributed by atoms with Gasteiger partial charge in [-0.15, -0.1) is 0 Å². The molecule has 0 fully saturated rings. The summed E-state index contributed by atoms with van der Waals surface area (Å²) in [7, 11) is 1.38. The van der Waals surface area contributed by atoms with Crippen LogP contribution in [-0.2, 0) is 20.6 Å². The van der Waals surface area contributed by atoms with Crippen LogP contribution in [0.25, 0.3) is 0 Å². The lowest BCUT2D eigenvalue weighted by Crippen LogP contribution is -2.32. The lowest BCUT2D eigenvalue weighted by Gasteiger charge is -2.14. The number of anilines is 2.